The molecule has 0 fully saturated rings. The summed E-state index contributed by atoms with van der Waals surface area (Å²) in [5.41, 5.74) is 7.82. The molecule has 4 nitrogen and oxygen atoms in total. The molecule has 5 heteroatoms. The lowest BCUT2D eigenvalue weighted by molar-refractivity contribution is -0.118. The first-order valence-corrected chi connectivity index (χ1v) is 5.95. The fraction of sp³-hybridized carbons (Fsp3) is 0.538. The lowest BCUT2D eigenvalue weighted by Gasteiger charge is -2.17. The Morgan fingerprint density at radius 3 is 2.56 bits per heavy atom. The van der Waals surface area contributed by atoms with E-state index in [0.717, 1.165) is 17.7 Å². The summed E-state index contributed by atoms with van der Waals surface area (Å²) in [6.07, 6.45) is 0.884. The Kier molecular flexibility index (Phi) is 6.88. The summed E-state index contributed by atoms with van der Waals surface area (Å²) < 4.78 is 0. The van der Waals surface area contributed by atoms with Crippen LogP contribution in [0.15, 0.2) is 12.1 Å². The van der Waals surface area contributed by atoms with E-state index >= 15 is 0 Å². The SMILES string of the molecule is CCC(C)C(N)C(=O)Nc1cc(C)cc(C)n1.Cl. The van der Waals surface area contributed by atoms with Crippen LogP contribution in [0, 0.1) is 19.8 Å². The average molecular weight is 272 g/mol. The van der Waals surface area contributed by atoms with Gasteiger partial charge in [0, 0.05) is 5.69 Å². The number of aryl methyl sites for hydroxylation is 2. The molecule has 1 rings (SSSR count). The van der Waals surface area contributed by atoms with Crippen molar-refractivity contribution in [3.05, 3.63) is 23.4 Å². The van der Waals surface area contributed by atoms with Crippen molar-refractivity contribution in [3.63, 3.8) is 0 Å². The number of nitrogens with one attached hydrogen (secondary N) is 1. The number of halogens is 1. The van der Waals surface area contributed by atoms with Crippen LogP contribution in [0.4, 0.5) is 5.82 Å². The summed E-state index contributed by atoms with van der Waals surface area (Å²) in [5.74, 6) is 0.573. The number of pyridine rings is 1. The molecule has 1 aromatic heterocycles. The minimum atomic E-state index is -0.484. The molecule has 0 spiro atoms. The van der Waals surface area contributed by atoms with Gasteiger partial charge in [-0.05, 0) is 37.5 Å². The number of aromatic nitrogens is 1. The summed E-state index contributed by atoms with van der Waals surface area (Å²) in [5, 5.41) is 2.76. The Labute approximate surface area is 115 Å². The van der Waals surface area contributed by atoms with E-state index in [1.54, 1.807) is 0 Å². The quantitative estimate of drug-likeness (QED) is 0.884. The topological polar surface area (TPSA) is 68.0 Å². The van der Waals surface area contributed by atoms with Crippen LogP contribution in [0.3, 0.4) is 0 Å². The number of rotatable bonds is 4. The number of amides is 1. The van der Waals surface area contributed by atoms with E-state index in [1.165, 1.54) is 0 Å². The molecule has 18 heavy (non-hydrogen) atoms. The Morgan fingerprint density at radius 2 is 2.06 bits per heavy atom. The normalized spacial score (nSPS) is 13.4. The van der Waals surface area contributed by atoms with Crippen molar-refractivity contribution in [2.75, 3.05) is 5.32 Å². The number of nitrogens with two attached hydrogens (primary N) is 1. The van der Waals surface area contributed by atoms with Gasteiger partial charge >= 0.3 is 0 Å². The van der Waals surface area contributed by atoms with Crippen molar-refractivity contribution in [2.24, 2.45) is 11.7 Å². The number of carbonyl (C=O) groups is 1. The smallest absolute Gasteiger partial charge is 0.242 e. The minimum Gasteiger partial charge on any atom is -0.320 e. The molecule has 0 aliphatic carbocycles. The first-order chi connectivity index (χ1) is 7.93. The second-order valence-electron chi connectivity index (χ2n) is 4.57. The van der Waals surface area contributed by atoms with Gasteiger partial charge in [-0.25, -0.2) is 4.98 Å². The maximum absolute atomic E-state index is 11.9. The Morgan fingerprint density at radius 1 is 1.44 bits per heavy atom. The van der Waals surface area contributed by atoms with Crippen LogP contribution in [0.5, 0.6) is 0 Å². The zero-order chi connectivity index (χ0) is 13.0. The monoisotopic (exact) mass is 271 g/mol. The highest BCUT2D eigenvalue weighted by atomic mass is 35.5. The van der Waals surface area contributed by atoms with Crippen molar-refractivity contribution >= 4 is 24.1 Å². The van der Waals surface area contributed by atoms with Gasteiger partial charge in [-0.3, -0.25) is 4.79 Å². The molecular formula is C13H22ClN3O. The van der Waals surface area contributed by atoms with E-state index in [9.17, 15) is 4.79 Å². The van der Waals surface area contributed by atoms with E-state index < -0.39 is 6.04 Å². The first kappa shape index (κ1) is 16.9. The third-order valence-electron chi connectivity index (χ3n) is 2.91. The van der Waals surface area contributed by atoms with Gasteiger partial charge in [-0.1, -0.05) is 20.3 Å². The van der Waals surface area contributed by atoms with Crippen LogP contribution < -0.4 is 11.1 Å². The lowest BCUT2D eigenvalue weighted by Crippen LogP contribution is -2.40. The molecular weight excluding hydrogens is 250 g/mol. The molecule has 0 aliphatic rings. The van der Waals surface area contributed by atoms with E-state index in [0.29, 0.717) is 5.82 Å². The van der Waals surface area contributed by atoms with Gasteiger partial charge < -0.3 is 11.1 Å². The highest BCUT2D eigenvalue weighted by Gasteiger charge is 2.19. The van der Waals surface area contributed by atoms with Gasteiger partial charge in [0.05, 0.1) is 6.04 Å². The van der Waals surface area contributed by atoms with E-state index in [-0.39, 0.29) is 24.2 Å². The number of carbonyl (C=O) groups excluding carboxylic acids is 1. The lowest BCUT2D eigenvalue weighted by atomic mass is 9.99. The van der Waals surface area contributed by atoms with Crippen molar-refractivity contribution in [1.82, 2.24) is 4.98 Å². The van der Waals surface area contributed by atoms with Crippen LogP contribution in [-0.4, -0.2) is 16.9 Å². The largest absolute Gasteiger partial charge is 0.320 e. The van der Waals surface area contributed by atoms with Crippen LogP contribution >= 0.6 is 12.4 Å². The van der Waals surface area contributed by atoms with Gasteiger partial charge in [0.25, 0.3) is 0 Å². The standard InChI is InChI=1S/C13H21N3O.ClH/c1-5-9(3)12(14)13(17)16-11-7-8(2)6-10(4)15-11;/h6-7,9,12H,5,14H2,1-4H3,(H,15,16,17);1H. The molecule has 0 radical (unpaired) electrons. The molecule has 0 saturated heterocycles. The van der Waals surface area contributed by atoms with Crippen molar-refractivity contribution < 1.29 is 4.79 Å². The van der Waals surface area contributed by atoms with Crippen molar-refractivity contribution in [2.45, 2.75) is 40.2 Å². The van der Waals surface area contributed by atoms with Gasteiger partial charge in [0.1, 0.15) is 5.82 Å². The molecule has 1 amide bonds. The van der Waals surface area contributed by atoms with Crippen molar-refractivity contribution in [3.8, 4) is 0 Å². The van der Waals surface area contributed by atoms with Crippen molar-refractivity contribution in [1.29, 1.82) is 0 Å². The van der Waals surface area contributed by atoms with Gasteiger partial charge in [-0.15, -0.1) is 12.4 Å². The molecule has 0 aliphatic heterocycles. The molecule has 2 unspecified atom stereocenters. The van der Waals surface area contributed by atoms with Crippen LogP contribution in [0.1, 0.15) is 31.5 Å². The molecule has 1 heterocycles. The van der Waals surface area contributed by atoms with Crippen LogP contribution in [0.2, 0.25) is 0 Å². The fourth-order valence-corrected chi connectivity index (χ4v) is 1.63. The number of hydrogen-bond acceptors (Lipinski definition) is 3. The summed E-state index contributed by atoms with van der Waals surface area (Å²) in [7, 11) is 0. The second kappa shape index (κ2) is 7.34. The number of hydrogen-bond donors (Lipinski definition) is 2. The van der Waals surface area contributed by atoms with Crippen LogP contribution in [0.25, 0.3) is 0 Å². The van der Waals surface area contributed by atoms with Crippen LogP contribution in [-0.2, 0) is 4.79 Å². The first-order valence-electron chi connectivity index (χ1n) is 5.95. The Balaban J connectivity index is 0.00000289. The zero-order valence-corrected chi connectivity index (χ0v) is 12.2. The van der Waals surface area contributed by atoms with E-state index in [2.05, 4.69) is 10.3 Å². The zero-order valence-electron chi connectivity index (χ0n) is 11.4. The molecule has 1 aromatic rings. The van der Waals surface area contributed by atoms with E-state index in [4.69, 9.17) is 5.73 Å². The highest BCUT2D eigenvalue weighted by Crippen LogP contribution is 2.11. The predicted molar refractivity (Wildman–Crippen MR) is 77.0 cm³/mol. The molecule has 0 aromatic carbocycles. The Bertz CT molecular complexity index is 389. The highest BCUT2D eigenvalue weighted by molar-refractivity contribution is 5.94. The number of anilines is 1. The molecule has 0 bridgehead atoms. The summed E-state index contributed by atoms with van der Waals surface area (Å²) in [4.78, 5) is 16.1. The average Bonchev–Trinajstić information content (AvgIpc) is 2.25. The van der Waals surface area contributed by atoms with E-state index in [1.807, 2.05) is 39.8 Å². The Hall–Kier alpha value is -1.13. The maximum atomic E-state index is 11.9. The molecule has 3 N–H and O–H groups in total. The summed E-state index contributed by atoms with van der Waals surface area (Å²) in [6, 6.07) is 3.32. The second-order valence-corrected chi connectivity index (χ2v) is 4.57. The minimum absolute atomic E-state index is 0. The maximum Gasteiger partial charge on any atom is 0.242 e. The summed E-state index contributed by atoms with van der Waals surface area (Å²) >= 11 is 0. The third kappa shape index (κ3) is 4.63. The van der Waals surface area contributed by atoms with Gasteiger partial charge in [0.2, 0.25) is 5.91 Å². The fourth-order valence-electron chi connectivity index (χ4n) is 1.63. The molecule has 0 saturated carbocycles. The number of nitrogens with zero attached hydrogens (tertiary/aromatic N) is 1. The van der Waals surface area contributed by atoms with Gasteiger partial charge in [-0.2, -0.15) is 0 Å². The predicted octanol–water partition coefficient (Wildman–Crippen LogP) is 2.43. The summed E-state index contributed by atoms with van der Waals surface area (Å²) in [6.45, 7) is 7.86. The molecule has 2 atom stereocenters. The van der Waals surface area contributed by atoms with Gasteiger partial charge in [0.15, 0.2) is 0 Å². The molecule has 102 valence electrons. The third-order valence-corrected chi connectivity index (χ3v) is 2.91.